The molecule has 2 aromatic rings. The molecule has 0 aliphatic heterocycles. The van der Waals surface area contributed by atoms with E-state index in [0.29, 0.717) is 0 Å². The van der Waals surface area contributed by atoms with Crippen LogP contribution in [-0.2, 0) is 13.0 Å². The summed E-state index contributed by atoms with van der Waals surface area (Å²) in [5.41, 5.74) is 3.43. The predicted octanol–water partition coefficient (Wildman–Crippen LogP) is 2.06. The van der Waals surface area contributed by atoms with E-state index in [9.17, 15) is 5.11 Å². The van der Waals surface area contributed by atoms with Gasteiger partial charge in [-0.15, -0.1) is 5.10 Å². The van der Waals surface area contributed by atoms with Gasteiger partial charge in [-0.2, -0.15) is 0 Å². The first-order valence-corrected chi connectivity index (χ1v) is 6.45. The summed E-state index contributed by atoms with van der Waals surface area (Å²) in [5.74, 6) is 0.190. The van der Waals surface area contributed by atoms with Crippen molar-refractivity contribution in [1.82, 2.24) is 15.0 Å². The van der Waals surface area contributed by atoms with Crippen LogP contribution in [-0.4, -0.2) is 20.1 Å². The average molecular weight is 243 g/mol. The van der Waals surface area contributed by atoms with E-state index in [1.807, 2.05) is 16.8 Å². The van der Waals surface area contributed by atoms with Gasteiger partial charge in [0.05, 0.1) is 11.9 Å². The summed E-state index contributed by atoms with van der Waals surface area (Å²) < 4.78 is 1.81. The number of aliphatic hydroxyl groups is 1. The SMILES string of the molecule is CCCn1nncc1C(O)C1Cc2ccccc21. The predicted molar refractivity (Wildman–Crippen MR) is 68.2 cm³/mol. The Morgan fingerprint density at radius 1 is 1.44 bits per heavy atom. The molecule has 2 unspecified atom stereocenters. The molecule has 0 spiro atoms. The Morgan fingerprint density at radius 3 is 3.06 bits per heavy atom. The van der Waals surface area contributed by atoms with Crippen LogP contribution < -0.4 is 0 Å². The van der Waals surface area contributed by atoms with Crippen molar-refractivity contribution >= 4 is 0 Å². The standard InChI is InChI=1S/C14H17N3O/c1-2-7-17-13(9-15-16-17)14(18)12-8-10-5-3-4-6-11(10)12/h3-6,9,12,14,18H,2,7-8H2,1H3. The lowest BCUT2D eigenvalue weighted by atomic mass is 9.74. The Morgan fingerprint density at radius 2 is 2.28 bits per heavy atom. The van der Waals surface area contributed by atoms with Gasteiger partial charge >= 0.3 is 0 Å². The Labute approximate surface area is 106 Å². The highest BCUT2D eigenvalue weighted by molar-refractivity contribution is 5.41. The molecule has 1 aromatic heterocycles. The molecular weight excluding hydrogens is 226 g/mol. The van der Waals surface area contributed by atoms with Crippen LogP contribution in [0.3, 0.4) is 0 Å². The van der Waals surface area contributed by atoms with Gasteiger partial charge in [0.15, 0.2) is 0 Å². The molecule has 2 atom stereocenters. The van der Waals surface area contributed by atoms with E-state index in [4.69, 9.17) is 0 Å². The Kier molecular flexibility index (Phi) is 2.88. The molecule has 3 rings (SSSR count). The summed E-state index contributed by atoms with van der Waals surface area (Å²) in [5, 5.41) is 18.4. The normalized spacial score (nSPS) is 19.1. The average Bonchev–Trinajstić information content (AvgIpc) is 2.79. The quantitative estimate of drug-likeness (QED) is 0.894. The minimum absolute atomic E-state index is 0.190. The lowest BCUT2D eigenvalue weighted by molar-refractivity contribution is 0.124. The summed E-state index contributed by atoms with van der Waals surface area (Å²) in [6.07, 6.45) is 3.11. The molecule has 0 bridgehead atoms. The third kappa shape index (κ3) is 1.73. The molecule has 0 saturated heterocycles. The molecule has 0 radical (unpaired) electrons. The van der Waals surface area contributed by atoms with E-state index in [1.54, 1.807) is 6.20 Å². The molecule has 1 aromatic carbocycles. The van der Waals surface area contributed by atoms with Crippen LogP contribution in [0.4, 0.5) is 0 Å². The third-order valence-electron chi connectivity index (χ3n) is 3.66. The number of hydrogen-bond donors (Lipinski definition) is 1. The van der Waals surface area contributed by atoms with Crippen molar-refractivity contribution in [1.29, 1.82) is 0 Å². The van der Waals surface area contributed by atoms with Crippen molar-refractivity contribution in [3.8, 4) is 0 Å². The summed E-state index contributed by atoms with van der Waals surface area (Å²) in [7, 11) is 0. The van der Waals surface area contributed by atoms with Crippen LogP contribution in [0.1, 0.15) is 42.2 Å². The van der Waals surface area contributed by atoms with E-state index >= 15 is 0 Å². The van der Waals surface area contributed by atoms with Crippen LogP contribution in [0, 0.1) is 0 Å². The lowest BCUT2D eigenvalue weighted by Crippen LogP contribution is -2.25. The van der Waals surface area contributed by atoms with Gasteiger partial charge in [-0.05, 0) is 24.0 Å². The van der Waals surface area contributed by atoms with Crippen molar-refractivity contribution in [2.75, 3.05) is 0 Å². The fourth-order valence-electron chi connectivity index (χ4n) is 2.67. The summed E-state index contributed by atoms with van der Waals surface area (Å²) >= 11 is 0. The third-order valence-corrected chi connectivity index (χ3v) is 3.66. The van der Waals surface area contributed by atoms with Crippen molar-refractivity contribution in [3.63, 3.8) is 0 Å². The molecule has 0 saturated carbocycles. The van der Waals surface area contributed by atoms with Crippen LogP contribution in [0.25, 0.3) is 0 Å². The number of nitrogens with zero attached hydrogens (tertiary/aromatic N) is 3. The maximum Gasteiger partial charge on any atom is 0.104 e. The number of aromatic nitrogens is 3. The number of aryl methyl sites for hydroxylation is 1. The van der Waals surface area contributed by atoms with E-state index < -0.39 is 6.10 Å². The molecule has 94 valence electrons. The van der Waals surface area contributed by atoms with Crippen molar-refractivity contribution in [2.24, 2.45) is 0 Å². The first-order chi connectivity index (χ1) is 8.81. The summed E-state index contributed by atoms with van der Waals surface area (Å²) in [6.45, 7) is 2.90. The Bertz CT molecular complexity index is 549. The maximum absolute atomic E-state index is 10.5. The first-order valence-electron chi connectivity index (χ1n) is 6.45. The summed E-state index contributed by atoms with van der Waals surface area (Å²) in [6, 6.07) is 8.30. The second-order valence-electron chi connectivity index (χ2n) is 4.84. The molecule has 4 nitrogen and oxygen atoms in total. The van der Waals surface area contributed by atoms with Gasteiger partial charge in [0.1, 0.15) is 6.10 Å². The minimum Gasteiger partial charge on any atom is -0.386 e. The Balaban J connectivity index is 1.84. The van der Waals surface area contributed by atoms with Gasteiger partial charge in [0, 0.05) is 12.5 Å². The Hall–Kier alpha value is -1.68. The smallest absolute Gasteiger partial charge is 0.104 e. The number of fused-ring (bicyclic) bond motifs is 1. The molecule has 4 heteroatoms. The minimum atomic E-state index is -0.499. The molecule has 0 amide bonds. The zero-order valence-corrected chi connectivity index (χ0v) is 10.5. The van der Waals surface area contributed by atoms with E-state index in [0.717, 1.165) is 25.1 Å². The van der Waals surface area contributed by atoms with Gasteiger partial charge < -0.3 is 5.11 Å². The number of benzene rings is 1. The second-order valence-corrected chi connectivity index (χ2v) is 4.84. The largest absolute Gasteiger partial charge is 0.386 e. The van der Waals surface area contributed by atoms with Gasteiger partial charge in [-0.3, -0.25) is 0 Å². The fraction of sp³-hybridized carbons (Fsp3) is 0.429. The van der Waals surface area contributed by atoms with Crippen molar-refractivity contribution in [3.05, 3.63) is 47.3 Å². The molecule has 1 aliphatic rings. The highest BCUT2D eigenvalue weighted by atomic mass is 16.3. The van der Waals surface area contributed by atoms with Gasteiger partial charge in [-0.1, -0.05) is 36.4 Å². The van der Waals surface area contributed by atoms with Crippen LogP contribution in [0.15, 0.2) is 30.5 Å². The van der Waals surface area contributed by atoms with Crippen LogP contribution in [0.5, 0.6) is 0 Å². The van der Waals surface area contributed by atoms with Gasteiger partial charge in [-0.25, -0.2) is 4.68 Å². The number of hydrogen-bond acceptors (Lipinski definition) is 3. The second kappa shape index (κ2) is 4.53. The molecule has 0 fully saturated rings. The number of aliphatic hydroxyl groups excluding tert-OH is 1. The van der Waals surface area contributed by atoms with Crippen molar-refractivity contribution in [2.45, 2.75) is 38.3 Å². The zero-order chi connectivity index (χ0) is 12.5. The zero-order valence-electron chi connectivity index (χ0n) is 10.5. The fourth-order valence-corrected chi connectivity index (χ4v) is 2.67. The topological polar surface area (TPSA) is 50.9 Å². The van der Waals surface area contributed by atoms with Crippen molar-refractivity contribution < 1.29 is 5.11 Å². The van der Waals surface area contributed by atoms with Crippen LogP contribution in [0.2, 0.25) is 0 Å². The number of rotatable bonds is 4. The van der Waals surface area contributed by atoms with E-state index in [2.05, 4.69) is 29.4 Å². The molecule has 18 heavy (non-hydrogen) atoms. The molecule has 1 heterocycles. The van der Waals surface area contributed by atoms with E-state index in [1.165, 1.54) is 11.1 Å². The maximum atomic E-state index is 10.5. The highest BCUT2D eigenvalue weighted by Gasteiger charge is 2.34. The summed E-state index contributed by atoms with van der Waals surface area (Å²) in [4.78, 5) is 0. The van der Waals surface area contributed by atoms with Gasteiger partial charge in [0.25, 0.3) is 0 Å². The monoisotopic (exact) mass is 243 g/mol. The molecule has 1 N–H and O–H groups in total. The van der Waals surface area contributed by atoms with Gasteiger partial charge in [0.2, 0.25) is 0 Å². The highest BCUT2D eigenvalue weighted by Crippen LogP contribution is 2.43. The molecule has 1 aliphatic carbocycles. The van der Waals surface area contributed by atoms with E-state index in [-0.39, 0.29) is 5.92 Å². The molecular formula is C14H17N3O. The first kappa shape index (κ1) is 11.4. The van der Waals surface area contributed by atoms with Crippen LogP contribution >= 0.6 is 0 Å². The lowest BCUT2D eigenvalue weighted by Gasteiger charge is -2.33.